The molecule has 1 aromatic rings. The van der Waals surface area contributed by atoms with Crippen molar-refractivity contribution < 1.29 is 14.6 Å². The van der Waals surface area contributed by atoms with Crippen LogP contribution in [0.15, 0.2) is 36.4 Å². The van der Waals surface area contributed by atoms with E-state index in [2.05, 4.69) is 31.2 Å². The van der Waals surface area contributed by atoms with Crippen molar-refractivity contribution in [3.8, 4) is 5.75 Å². The number of hydrogen-bond acceptors (Lipinski definition) is 2. The van der Waals surface area contributed by atoms with Crippen LogP contribution in [0.3, 0.4) is 0 Å². The molecule has 0 spiro atoms. The van der Waals surface area contributed by atoms with E-state index in [4.69, 9.17) is 9.84 Å². The predicted octanol–water partition coefficient (Wildman–Crippen LogP) is 6.34. The summed E-state index contributed by atoms with van der Waals surface area (Å²) in [4.78, 5) is 10.5. The number of carbonyl (C=O) groups is 1. The van der Waals surface area contributed by atoms with Crippen LogP contribution in [-0.2, 0) is 4.79 Å². The van der Waals surface area contributed by atoms with Gasteiger partial charge in [-0.2, -0.15) is 0 Å². The molecule has 0 unspecified atom stereocenters. The van der Waals surface area contributed by atoms with E-state index in [0.29, 0.717) is 11.8 Å². The molecule has 0 bridgehead atoms. The van der Waals surface area contributed by atoms with Gasteiger partial charge in [0.25, 0.3) is 0 Å². The van der Waals surface area contributed by atoms with Gasteiger partial charge in [0, 0.05) is 6.08 Å². The summed E-state index contributed by atoms with van der Waals surface area (Å²) in [5, 5.41) is 8.66. The Morgan fingerprint density at radius 2 is 1.77 bits per heavy atom. The molecule has 3 heteroatoms. The zero-order chi connectivity index (χ0) is 18.6. The summed E-state index contributed by atoms with van der Waals surface area (Å²) in [7, 11) is 0. The summed E-state index contributed by atoms with van der Waals surface area (Å²) >= 11 is 0. The molecule has 1 N–H and O–H groups in total. The first-order valence-corrected chi connectivity index (χ1v) is 10.3. The molecule has 0 saturated heterocycles. The van der Waals surface area contributed by atoms with Crippen LogP contribution in [0.5, 0.6) is 5.75 Å². The van der Waals surface area contributed by atoms with Crippen molar-refractivity contribution in [2.75, 3.05) is 6.61 Å². The third-order valence-corrected chi connectivity index (χ3v) is 5.44. The van der Waals surface area contributed by atoms with Gasteiger partial charge in [0.15, 0.2) is 0 Å². The number of ether oxygens (including phenoxy) is 1. The zero-order valence-corrected chi connectivity index (χ0v) is 16.2. The second-order valence-electron chi connectivity index (χ2n) is 7.53. The molecule has 0 heterocycles. The van der Waals surface area contributed by atoms with E-state index in [1.807, 2.05) is 6.08 Å². The molecular formula is C23H34O3. The van der Waals surface area contributed by atoms with E-state index < -0.39 is 5.97 Å². The summed E-state index contributed by atoms with van der Waals surface area (Å²) < 4.78 is 5.85. The number of hydrogen-bond donors (Lipinski definition) is 1. The number of carboxylic acid groups (broad SMARTS) is 1. The van der Waals surface area contributed by atoms with E-state index >= 15 is 0 Å². The van der Waals surface area contributed by atoms with Gasteiger partial charge in [-0.25, -0.2) is 4.79 Å². The highest BCUT2D eigenvalue weighted by Gasteiger charge is 2.21. The van der Waals surface area contributed by atoms with Crippen molar-refractivity contribution in [1.29, 1.82) is 0 Å². The maximum Gasteiger partial charge on any atom is 0.327 e. The third-order valence-electron chi connectivity index (χ3n) is 5.44. The van der Waals surface area contributed by atoms with Crippen LogP contribution >= 0.6 is 0 Å². The van der Waals surface area contributed by atoms with Crippen LogP contribution < -0.4 is 4.74 Å². The molecule has 0 atom stereocenters. The minimum absolute atomic E-state index is 0.636. The Kier molecular flexibility index (Phi) is 9.30. The average Bonchev–Trinajstić information content (AvgIpc) is 2.65. The van der Waals surface area contributed by atoms with Crippen LogP contribution in [0.2, 0.25) is 0 Å². The molecule has 0 aromatic heterocycles. The molecule has 144 valence electrons. The van der Waals surface area contributed by atoms with E-state index in [9.17, 15) is 4.79 Å². The van der Waals surface area contributed by atoms with Crippen LogP contribution in [0.25, 0.3) is 0 Å². The second-order valence-corrected chi connectivity index (χ2v) is 7.53. The lowest BCUT2D eigenvalue weighted by Gasteiger charge is -2.28. The summed E-state index contributed by atoms with van der Waals surface area (Å²) in [5.41, 5.74) is 1.42. The monoisotopic (exact) mass is 358 g/mol. The molecule has 1 fully saturated rings. The minimum atomic E-state index is -0.845. The van der Waals surface area contributed by atoms with Gasteiger partial charge in [0.1, 0.15) is 5.75 Å². The van der Waals surface area contributed by atoms with Crippen LogP contribution in [0.4, 0.5) is 0 Å². The quantitative estimate of drug-likeness (QED) is 0.371. The van der Waals surface area contributed by atoms with Gasteiger partial charge in [0.05, 0.1) is 6.61 Å². The molecule has 1 aromatic carbocycles. The van der Waals surface area contributed by atoms with Crippen molar-refractivity contribution >= 4 is 5.97 Å². The van der Waals surface area contributed by atoms with E-state index in [1.165, 1.54) is 63.0 Å². The fourth-order valence-electron chi connectivity index (χ4n) is 3.82. The molecule has 0 aliphatic heterocycles. The molecule has 26 heavy (non-hydrogen) atoms. The van der Waals surface area contributed by atoms with E-state index in [-0.39, 0.29) is 0 Å². The van der Waals surface area contributed by atoms with Gasteiger partial charge in [0.2, 0.25) is 0 Å². The van der Waals surface area contributed by atoms with Gasteiger partial charge in [-0.15, -0.1) is 0 Å². The van der Waals surface area contributed by atoms with Gasteiger partial charge in [-0.3, -0.25) is 0 Å². The summed E-state index contributed by atoms with van der Waals surface area (Å²) in [5.74, 6) is 1.41. The third kappa shape index (κ3) is 7.63. The zero-order valence-electron chi connectivity index (χ0n) is 16.2. The van der Waals surface area contributed by atoms with E-state index in [0.717, 1.165) is 25.2 Å². The molecule has 1 aliphatic rings. The van der Waals surface area contributed by atoms with Gasteiger partial charge < -0.3 is 9.84 Å². The molecule has 3 nitrogen and oxygen atoms in total. The maximum atomic E-state index is 10.5. The first-order valence-electron chi connectivity index (χ1n) is 10.3. The summed E-state index contributed by atoms with van der Waals surface area (Å²) in [6, 6.07) is 8.68. The molecule has 0 amide bonds. The standard InChI is InChI=1S/C23H34O3/c1-2-3-4-5-6-18-26-22-16-14-21(15-17-22)20-12-10-19(11-13-20)8-7-9-23(24)25/h7,9,14-17,19-20H,2-6,8,10-13,18H2,1H3,(H,24,25)/b9-7+/t19-,20-. The topological polar surface area (TPSA) is 46.5 Å². The van der Waals surface area contributed by atoms with Crippen molar-refractivity contribution in [2.45, 2.75) is 77.0 Å². The van der Waals surface area contributed by atoms with Crippen LogP contribution in [0, 0.1) is 5.92 Å². The Bertz CT molecular complexity index is 539. The fourth-order valence-corrected chi connectivity index (χ4v) is 3.82. The Morgan fingerprint density at radius 3 is 2.42 bits per heavy atom. The lowest BCUT2D eigenvalue weighted by Crippen LogP contribution is -2.13. The normalized spacial score (nSPS) is 20.3. The Balaban J connectivity index is 1.68. The van der Waals surface area contributed by atoms with Crippen molar-refractivity contribution in [3.63, 3.8) is 0 Å². The minimum Gasteiger partial charge on any atom is -0.494 e. The number of carboxylic acids is 1. The highest BCUT2D eigenvalue weighted by molar-refractivity contribution is 5.79. The lowest BCUT2D eigenvalue weighted by molar-refractivity contribution is -0.131. The molecular weight excluding hydrogens is 324 g/mol. The van der Waals surface area contributed by atoms with Crippen molar-refractivity contribution in [2.24, 2.45) is 5.92 Å². The number of aliphatic carboxylic acids is 1. The lowest BCUT2D eigenvalue weighted by atomic mass is 9.77. The SMILES string of the molecule is CCCCCCCOc1ccc([C@H]2CC[C@H](C/C=C/C(=O)O)CC2)cc1. The largest absolute Gasteiger partial charge is 0.494 e. The Labute approximate surface area is 158 Å². The highest BCUT2D eigenvalue weighted by atomic mass is 16.5. The number of allylic oxidation sites excluding steroid dienone is 1. The van der Waals surface area contributed by atoms with E-state index in [1.54, 1.807) is 0 Å². The van der Waals surface area contributed by atoms with Crippen molar-refractivity contribution in [3.05, 3.63) is 42.0 Å². The van der Waals surface area contributed by atoms with Crippen LogP contribution in [0.1, 0.15) is 82.6 Å². The number of rotatable bonds is 11. The molecule has 2 rings (SSSR count). The first kappa shape index (κ1) is 20.5. The Hall–Kier alpha value is -1.77. The van der Waals surface area contributed by atoms with Crippen LogP contribution in [-0.4, -0.2) is 17.7 Å². The number of unbranched alkanes of at least 4 members (excludes halogenated alkanes) is 4. The predicted molar refractivity (Wildman–Crippen MR) is 107 cm³/mol. The number of benzene rings is 1. The van der Waals surface area contributed by atoms with Gasteiger partial charge >= 0.3 is 5.97 Å². The second kappa shape index (κ2) is 11.8. The van der Waals surface area contributed by atoms with Crippen molar-refractivity contribution in [1.82, 2.24) is 0 Å². The molecule has 1 aliphatic carbocycles. The van der Waals surface area contributed by atoms with Gasteiger partial charge in [-0.05, 0) is 68.1 Å². The highest BCUT2D eigenvalue weighted by Crippen LogP contribution is 2.37. The summed E-state index contributed by atoms with van der Waals surface area (Å²) in [6.45, 7) is 3.05. The maximum absolute atomic E-state index is 10.5. The first-order chi connectivity index (χ1) is 12.7. The molecule has 0 radical (unpaired) electrons. The van der Waals surface area contributed by atoms with Gasteiger partial charge in [-0.1, -0.05) is 50.8 Å². The molecule has 1 saturated carbocycles. The summed E-state index contributed by atoms with van der Waals surface area (Å²) in [6.07, 6.45) is 15.1. The fraction of sp³-hybridized carbons (Fsp3) is 0.609. The Morgan fingerprint density at radius 1 is 1.08 bits per heavy atom. The smallest absolute Gasteiger partial charge is 0.327 e. The average molecular weight is 359 g/mol.